The number of carbonyl (C=O) groups is 1. The summed E-state index contributed by atoms with van der Waals surface area (Å²) < 4.78 is 19.0. The SMILES string of the molecule is CC(C)(C)OC(=O)NC1CCC2CN(Cc3ccc(F)c(C#N)c3Cl)CC21. The first kappa shape index (κ1) is 19.9. The molecule has 27 heavy (non-hydrogen) atoms. The highest BCUT2D eigenvalue weighted by molar-refractivity contribution is 6.32. The molecule has 1 aliphatic carbocycles. The zero-order chi connectivity index (χ0) is 19.8. The van der Waals surface area contributed by atoms with Crippen LogP contribution in [-0.4, -0.2) is 35.7 Å². The fraction of sp³-hybridized carbons (Fsp3) is 0.600. The van der Waals surface area contributed by atoms with Crippen LogP contribution in [0.3, 0.4) is 0 Å². The van der Waals surface area contributed by atoms with Crippen molar-refractivity contribution >= 4 is 17.7 Å². The van der Waals surface area contributed by atoms with Crippen molar-refractivity contribution in [2.24, 2.45) is 11.8 Å². The molecule has 1 amide bonds. The summed E-state index contributed by atoms with van der Waals surface area (Å²) in [5.41, 5.74) is 0.144. The van der Waals surface area contributed by atoms with Crippen molar-refractivity contribution in [2.75, 3.05) is 13.1 Å². The minimum absolute atomic E-state index is 0.0990. The van der Waals surface area contributed by atoms with Crippen molar-refractivity contribution in [2.45, 2.75) is 51.8 Å². The lowest BCUT2D eigenvalue weighted by Gasteiger charge is -2.25. The Bertz CT molecular complexity index is 772. The number of alkyl carbamates (subject to hydrolysis) is 1. The molecule has 5 nitrogen and oxygen atoms in total. The van der Waals surface area contributed by atoms with Gasteiger partial charge in [-0.15, -0.1) is 0 Å². The number of ether oxygens (including phenoxy) is 1. The van der Waals surface area contributed by atoms with Gasteiger partial charge in [-0.1, -0.05) is 17.7 Å². The summed E-state index contributed by atoms with van der Waals surface area (Å²) in [7, 11) is 0. The predicted molar refractivity (Wildman–Crippen MR) is 101 cm³/mol. The van der Waals surface area contributed by atoms with Gasteiger partial charge in [0.05, 0.1) is 5.02 Å². The predicted octanol–water partition coefficient (Wildman–Crippen LogP) is 4.09. The van der Waals surface area contributed by atoms with Gasteiger partial charge in [0.25, 0.3) is 0 Å². The quantitative estimate of drug-likeness (QED) is 0.840. The monoisotopic (exact) mass is 393 g/mol. The van der Waals surface area contributed by atoms with Gasteiger partial charge < -0.3 is 10.1 Å². The maximum Gasteiger partial charge on any atom is 0.407 e. The summed E-state index contributed by atoms with van der Waals surface area (Å²) in [6.07, 6.45) is 1.65. The van der Waals surface area contributed by atoms with Gasteiger partial charge in [0.15, 0.2) is 0 Å². The number of carbonyl (C=O) groups excluding carboxylic acids is 1. The van der Waals surface area contributed by atoms with Crippen LogP contribution < -0.4 is 5.32 Å². The maximum absolute atomic E-state index is 13.6. The summed E-state index contributed by atoms with van der Waals surface area (Å²) in [4.78, 5) is 14.4. The third-order valence-corrected chi connectivity index (χ3v) is 5.74. The van der Waals surface area contributed by atoms with Crippen LogP contribution in [0.5, 0.6) is 0 Å². The van der Waals surface area contributed by atoms with Gasteiger partial charge in [-0.3, -0.25) is 4.90 Å². The molecule has 0 bridgehead atoms. The fourth-order valence-electron chi connectivity index (χ4n) is 4.19. The Morgan fingerprint density at radius 1 is 1.41 bits per heavy atom. The molecule has 0 spiro atoms. The molecular formula is C20H25ClFN3O2. The van der Waals surface area contributed by atoms with Crippen LogP contribution >= 0.6 is 11.6 Å². The van der Waals surface area contributed by atoms with E-state index in [0.29, 0.717) is 18.4 Å². The van der Waals surface area contributed by atoms with Crippen LogP contribution in [-0.2, 0) is 11.3 Å². The molecule has 2 aliphatic rings. The summed E-state index contributed by atoms with van der Waals surface area (Å²) in [6, 6.07) is 4.87. The Morgan fingerprint density at radius 3 is 2.81 bits per heavy atom. The molecule has 1 saturated heterocycles. The van der Waals surface area contributed by atoms with Gasteiger partial charge in [-0.25, -0.2) is 9.18 Å². The smallest absolute Gasteiger partial charge is 0.407 e. The van der Waals surface area contributed by atoms with E-state index in [1.807, 2.05) is 26.8 Å². The lowest BCUT2D eigenvalue weighted by Crippen LogP contribution is -2.42. The van der Waals surface area contributed by atoms with Crippen molar-refractivity contribution in [1.82, 2.24) is 10.2 Å². The van der Waals surface area contributed by atoms with Crippen LogP contribution in [0.2, 0.25) is 5.02 Å². The van der Waals surface area contributed by atoms with Crippen molar-refractivity contribution in [3.8, 4) is 6.07 Å². The number of amides is 1. The van der Waals surface area contributed by atoms with Gasteiger partial charge in [0.1, 0.15) is 23.1 Å². The number of benzene rings is 1. The molecule has 1 aromatic carbocycles. The fourth-order valence-corrected chi connectivity index (χ4v) is 4.44. The number of likely N-dealkylation sites (tertiary alicyclic amines) is 1. The Hall–Kier alpha value is -1.84. The van der Waals surface area contributed by atoms with Crippen molar-refractivity contribution in [3.63, 3.8) is 0 Å². The van der Waals surface area contributed by atoms with E-state index < -0.39 is 11.4 Å². The summed E-state index contributed by atoms with van der Waals surface area (Å²) in [5.74, 6) is 0.290. The molecular weight excluding hydrogens is 369 g/mol. The number of hydrogen-bond acceptors (Lipinski definition) is 4. The molecule has 1 N–H and O–H groups in total. The number of rotatable bonds is 3. The van der Waals surface area contributed by atoms with E-state index in [1.165, 1.54) is 6.07 Å². The van der Waals surface area contributed by atoms with Gasteiger partial charge >= 0.3 is 6.09 Å². The number of nitriles is 1. The first-order chi connectivity index (χ1) is 12.7. The lowest BCUT2D eigenvalue weighted by atomic mass is 9.98. The Balaban J connectivity index is 1.62. The Morgan fingerprint density at radius 2 is 2.15 bits per heavy atom. The van der Waals surface area contributed by atoms with E-state index in [-0.39, 0.29) is 22.7 Å². The van der Waals surface area contributed by atoms with Gasteiger partial charge in [0.2, 0.25) is 0 Å². The largest absolute Gasteiger partial charge is 0.444 e. The zero-order valence-electron chi connectivity index (χ0n) is 15.9. The van der Waals surface area contributed by atoms with Gasteiger partial charge in [-0.05, 0) is 57.1 Å². The highest BCUT2D eigenvalue weighted by atomic mass is 35.5. The first-order valence-corrected chi connectivity index (χ1v) is 9.64. The molecule has 1 saturated carbocycles. The van der Waals surface area contributed by atoms with Crippen molar-refractivity contribution < 1.29 is 13.9 Å². The van der Waals surface area contributed by atoms with E-state index in [2.05, 4.69) is 10.2 Å². The number of hydrogen-bond donors (Lipinski definition) is 1. The van der Waals surface area contributed by atoms with Crippen LogP contribution in [0.25, 0.3) is 0 Å². The van der Waals surface area contributed by atoms with E-state index >= 15 is 0 Å². The molecule has 0 radical (unpaired) electrons. The van der Waals surface area contributed by atoms with Crippen molar-refractivity contribution in [1.29, 1.82) is 5.26 Å². The first-order valence-electron chi connectivity index (χ1n) is 9.27. The van der Waals surface area contributed by atoms with Gasteiger partial charge in [-0.2, -0.15) is 5.26 Å². The second-order valence-electron chi connectivity index (χ2n) is 8.46. The maximum atomic E-state index is 13.6. The minimum Gasteiger partial charge on any atom is -0.444 e. The topological polar surface area (TPSA) is 65.4 Å². The van der Waals surface area contributed by atoms with E-state index in [4.69, 9.17) is 21.6 Å². The summed E-state index contributed by atoms with van der Waals surface area (Å²) in [5, 5.41) is 12.3. The second-order valence-corrected chi connectivity index (χ2v) is 8.83. The third-order valence-electron chi connectivity index (χ3n) is 5.31. The second kappa shape index (κ2) is 7.65. The average molecular weight is 394 g/mol. The molecule has 1 aromatic rings. The van der Waals surface area contributed by atoms with Crippen LogP contribution in [0.1, 0.15) is 44.7 Å². The van der Waals surface area contributed by atoms with E-state index in [0.717, 1.165) is 31.5 Å². The molecule has 3 unspecified atom stereocenters. The molecule has 3 rings (SSSR count). The van der Waals surface area contributed by atoms with Crippen LogP contribution in [0.15, 0.2) is 12.1 Å². The molecule has 1 heterocycles. The number of nitrogens with zero attached hydrogens (tertiary/aromatic N) is 2. The number of nitrogens with one attached hydrogen (secondary N) is 1. The summed E-state index contributed by atoms with van der Waals surface area (Å²) in [6.45, 7) is 7.86. The normalized spacial score (nSPS) is 25.1. The highest BCUT2D eigenvalue weighted by Gasteiger charge is 2.43. The average Bonchev–Trinajstić information content (AvgIpc) is 3.10. The highest BCUT2D eigenvalue weighted by Crippen LogP contribution is 2.39. The minimum atomic E-state index is -0.592. The summed E-state index contributed by atoms with van der Waals surface area (Å²) >= 11 is 6.21. The number of fused-ring (bicyclic) bond motifs is 1. The standard InChI is InChI=1S/C20H25ClFN3O2/c1-20(2,3)27-19(26)24-17-7-5-12-9-25(11-15(12)17)10-13-4-6-16(22)14(8-23)18(13)21/h4,6,12,15,17H,5,7,9-11H2,1-3H3,(H,24,26). The Labute approximate surface area is 164 Å². The van der Waals surface area contributed by atoms with Crippen LogP contribution in [0, 0.1) is 29.0 Å². The van der Waals surface area contributed by atoms with E-state index in [1.54, 1.807) is 6.07 Å². The van der Waals surface area contributed by atoms with Crippen molar-refractivity contribution in [3.05, 3.63) is 34.1 Å². The molecule has 146 valence electrons. The van der Waals surface area contributed by atoms with Gasteiger partial charge in [0, 0.05) is 25.7 Å². The zero-order valence-corrected chi connectivity index (χ0v) is 16.6. The molecule has 2 fully saturated rings. The van der Waals surface area contributed by atoms with Crippen LogP contribution in [0.4, 0.5) is 9.18 Å². The molecule has 0 aromatic heterocycles. The molecule has 3 atom stereocenters. The van der Waals surface area contributed by atoms with E-state index in [9.17, 15) is 9.18 Å². The lowest BCUT2D eigenvalue weighted by molar-refractivity contribution is 0.0491. The third kappa shape index (κ3) is 4.53. The number of halogens is 2. The Kier molecular flexibility index (Phi) is 5.64. The molecule has 7 heteroatoms. The molecule has 1 aliphatic heterocycles.